The number of likely N-dealkylation sites (tertiary alicyclic amines) is 1. The Balaban J connectivity index is 0.000000239. The van der Waals surface area contributed by atoms with Crippen molar-refractivity contribution in [2.24, 2.45) is 0 Å². The number of aromatic nitrogens is 4. The lowest BCUT2D eigenvalue weighted by Crippen LogP contribution is -2.63. The second kappa shape index (κ2) is 14.1. The van der Waals surface area contributed by atoms with Crippen LogP contribution < -0.4 is 5.32 Å². The molecule has 0 aromatic carbocycles. The monoisotopic (exact) mass is 706 g/mol. The summed E-state index contributed by atoms with van der Waals surface area (Å²) in [6, 6.07) is 3.61. The summed E-state index contributed by atoms with van der Waals surface area (Å²) in [7, 11) is 0. The van der Waals surface area contributed by atoms with Crippen molar-refractivity contribution >= 4 is 49.9 Å². The number of hydrogen-bond donors (Lipinski definition) is 3. The van der Waals surface area contributed by atoms with E-state index >= 15 is 0 Å². The molecule has 4 rings (SSSR count). The third-order valence-electron chi connectivity index (χ3n) is 5.94. The Morgan fingerprint density at radius 2 is 1.34 bits per heavy atom. The maximum atomic E-state index is 12.1. The van der Waals surface area contributed by atoms with Crippen LogP contribution in [0.5, 0.6) is 0 Å². The summed E-state index contributed by atoms with van der Waals surface area (Å²) in [6.07, 6.45) is -0.424. The lowest BCUT2D eigenvalue weighted by atomic mass is 9.90. The normalized spacial score (nSPS) is 16.9. The van der Waals surface area contributed by atoms with E-state index in [1.165, 1.54) is 4.90 Å². The van der Waals surface area contributed by atoms with Gasteiger partial charge in [-0.2, -0.15) is 10.2 Å². The van der Waals surface area contributed by atoms with Gasteiger partial charge in [0.1, 0.15) is 39.2 Å². The maximum Gasteiger partial charge on any atom is 0.410 e. The summed E-state index contributed by atoms with van der Waals surface area (Å²) in [5.74, 6) is -0.810. The van der Waals surface area contributed by atoms with Crippen LogP contribution in [-0.2, 0) is 44.5 Å². The lowest BCUT2D eigenvalue weighted by molar-refractivity contribution is -0.175. The molecule has 3 N–H and O–H groups in total. The fourth-order valence-corrected chi connectivity index (χ4v) is 4.54. The summed E-state index contributed by atoms with van der Waals surface area (Å²) in [5.41, 5.74) is -0.552. The van der Waals surface area contributed by atoms with E-state index < -0.39 is 28.9 Å². The molecule has 41 heavy (non-hydrogen) atoms. The number of ether oxygens (including phenoxy) is 5. The molecule has 14 nitrogen and oxygen atoms in total. The summed E-state index contributed by atoms with van der Waals surface area (Å²) in [4.78, 5) is 36.5. The largest absolute Gasteiger partial charge is 0.464 e. The minimum absolute atomic E-state index is 0.0556. The predicted octanol–water partition coefficient (Wildman–Crippen LogP) is 2.75. The van der Waals surface area contributed by atoms with Gasteiger partial charge in [-0.05, 0) is 78.6 Å². The third-order valence-corrected chi connectivity index (χ3v) is 6.75. The van der Waals surface area contributed by atoms with Crippen LogP contribution in [0.1, 0.15) is 46.0 Å². The average Bonchev–Trinajstić information content (AvgIpc) is 3.46. The highest BCUT2D eigenvalue weighted by Crippen LogP contribution is 2.36. The van der Waals surface area contributed by atoms with Gasteiger partial charge in [-0.15, -0.1) is 0 Å². The number of esters is 2. The number of hydrogen-bond acceptors (Lipinski definition) is 11. The first-order valence-electron chi connectivity index (χ1n) is 13.0. The van der Waals surface area contributed by atoms with E-state index in [-0.39, 0.29) is 38.9 Å². The van der Waals surface area contributed by atoms with Gasteiger partial charge in [-0.3, -0.25) is 10.2 Å². The van der Waals surface area contributed by atoms with E-state index in [0.29, 0.717) is 30.0 Å². The third kappa shape index (κ3) is 8.98. The van der Waals surface area contributed by atoms with E-state index in [2.05, 4.69) is 57.6 Å². The molecule has 2 aromatic heterocycles. The first kappa shape index (κ1) is 33.0. The molecule has 2 saturated heterocycles. The van der Waals surface area contributed by atoms with Crippen LogP contribution in [0.4, 0.5) is 4.79 Å². The molecule has 0 bridgehead atoms. The predicted molar refractivity (Wildman–Crippen MR) is 152 cm³/mol. The highest BCUT2D eigenvalue weighted by Gasteiger charge is 2.51. The first-order valence-corrected chi connectivity index (χ1v) is 14.6. The number of nitrogens with one attached hydrogen (secondary N) is 3. The van der Waals surface area contributed by atoms with E-state index in [9.17, 15) is 14.4 Å². The Hall–Kier alpha value is -2.53. The Kier molecular flexibility index (Phi) is 11.3. The van der Waals surface area contributed by atoms with Crippen molar-refractivity contribution in [2.45, 2.75) is 51.4 Å². The highest BCUT2D eigenvalue weighted by atomic mass is 79.9. The number of halogens is 2. The molecule has 1 amide bonds. The fourth-order valence-electron chi connectivity index (χ4n) is 3.92. The molecule has 0 atom stereocenters. The molecule has 0 saturated carbocycles. The number of carbonyl (C=O) groups is 3. The number of amides is 1. The van der Waals surface area contributed by atoms with Crippen LogP contribution in [0.2, 0.25) is 0 Å². The van der Waals surface area contributed by atoms with Gasteiger partial charge in [0.25, 0.3) is 0 Å². The van der Waals surface area contributed by atoms with Gasteiger partial charge in [-0.1, -0.05) is 0 Å². The maximum absolute atomic E-state index is 12.1. The fraction of sp³-hybridized carbons (Fsp3) is 0.640. The zero-order valence-electron chi connectivity index (χ0n) is 23.7. The molecule has 0 unspecified atom stereocenters. The number of nitrogens with zero attached hydrogens (tertiary/aromatic N) is 3. The van der Waals surface area contributed by atoms with Crippen molar-refractivity contribution in [3.05, 3.63) is 32.7 Å². The van der Waals surface area contributed by atoms with E-state index in [1.807, 2.05) is 6.07 Å². The zero-order valence-corrected chi connectivity index (χ0v) is 26.8. The van der Waals surface area contributed by atoms with Gasteiger partial charge in [-0.25, -0.2) is 14.4 Å². The van der Waals surface area contributed by atoms with Crippen molar-refractivity contribution in [2.75, 3.05) is 52.6 Å². The van der Waals surface area contributed by atoms with Gasteiger partial charge in [0, 0.05) is 13.1 Å². The van der Waals surface area contributed by atoms with Crippen LogP contribution in [0, 0.1) is 0 Å². The molecule has 0 aliphatic carbocycles. The molecule has 2 aliphatic heterocycles. The number of H-pyrrole nitrogens is 2. The van der Waals surface area contributed by atoms with E-state index in [1.54, 1.807) is 40.7 Å². The topological polar surface area (TPSA) is 170 Å². The molecule has 16 heteroatoms. The van der Waals surface area contributed by atoms with E-state index in [4.69, 9.17) is 23.7 Å². The molecule has 228 valence electrons. The molecule has 2 aromatic rings. The molecule has 0 spiro atoms. The summed E-state index contributed by atoms with van der Waals surface area (Å²) < 4.78 is 27.9. The van der Waals surface area contributed by atoms with Gasteiger partial charge in [0.15, 0.2) is 0 Å². The molecule has 2 fully saturated rings. The summed E-state index contributed by atoms with van der Waals surface area (Å²) in [5, 5.41) is 17.0. The van der Waals surface area contributed by atoms with Gasteiger partial charge in [0.2, 0.25) is 0 Å². The minimum atomic E-state index is -0.855. The number of rotatable bonds is 10. The molecule has 0 radical (unpaired) electrons. The van der Waals surface area contributed by atoms with Crippen LogP contribution in [0.25, 0.3) is 0 Å². The molecular weight excluding hydrogens is 672 g/mol. The highest BCUT2D eigenvalue weighted by molar-refractivity contribution is 9.10. The van der Waals surface area contributed by atoms with E-state index in [0.717, 1.165) is 10.3 Å². The molecule has 4 heterocycles. The number of aromatic amines is 2. The second-order valence-corrected chi connectivity index (χ2v) is 12.0. The molecule has 2 aliphatic rings. The van der Waals surface area contributed by atoms with Crippen molar-refractivity contribution in [3.8, 4) is 0 Å². The molecular formula is C25H36Br2N6O8. The van der Waals surface area contributed by atoms with Gasteiger partial charge >= 0.3 is 18.0 Å². The van der Waals surface area contributed by atoms with Crippen molar-refractivity contribution in [1.29, 1.82) is 0 Å². The quantitative estimate of drug-likeness (QED) is 0.245. The van der Waals surface area contributed by atoms with Crippen molar-refractivity contribution in [3.63, 3.8) is 0 Å². The average molecular weight is 708 g/mol. The summed E-state index contributed by atoms with van der Waals surface area (Å²) >= 11 is 6.59. The van der Waals surface area contributed by atoms with Gasteiger partial charge in [0.05, 0.1) is 37.7 Å². The van der Waals surface area contributed by atoms with Crippen LogP contribution in [0.15, 0.2) is 21.3 Å². The van der Waals surface area contributed by atoms with Crippen LogP contribution >= 0.6 is 31.9 Å². The Morgan fingerprint density at radius 3 is 1.71 bits per heavy atom. The summed E-state index contributed by atoms with van der Waals surface area (Å²) in [6.45, 7) is 11.1. The first-order chi connectivity index (χ1) is 19.3. The number of carbonyl (C=O) groups excluding carboxylic acids is 3. The minimum Gasteiger partial charge on any atom is -0.464 e. The van der Waals surface area contributed by atoms with Crippen LogP contribution in [0.3, 0.4) is 0 Å². The SMILES string of the molecule is CCOC(=O)COC1(c2cc(Br)[nH]n2)CN(C(=O)OC(C)(C)C)C1.CCOC(=O)COC1(c2cc(Br)[nH]n2)CNC1. The Bertz CT molecular complexity index is 1190. The standard InChI is InChI=1S/C15H22BrN3O5.C10H14BrN3O3/c1-5-22-12(20)7-23-15(10-6-11(16)18-17-10)8-19(9-15)13(21)24-14(2,3)4;1-2-16-9(15)4-17-10(5-12-6-10)7-3-8(11)14-13-7/h6H,5,7-9H2,1-4H3,(H,17,18);3,12H,2,4-6H2,1H3,(H,13,14). The zero-order chi connectivity index (χ0) is 30.3. The van der Waals surface area contributed by atoms with Crippen molar-refractivity contribution < 1.29 is 38.1 Å². The second-order valence-electron chi connectivity index (χ2n) is 10.3. The Morgan fingerprint density at radius 1 is 0.878 bits per heavy atom. The van der Waals surface area contributed by atoms with Crippen molar-refractivity contribution in [1.82, 2.24) is 30.6 Å². The Labute approximate surface area is 254 Å². The lowest BCUT2D eigenvalue weighted by Gasteiger charge is -2.48. The van der Waals surface area contributed by atoms with Gasteiger partial charge < -0.3 is 33.9 Å². The van der Waals surface area contributed by atoms with Crippen LogP contribution in [-0.4, -0.2) is 102 Å². The smallest absolute Gasteiger partial charge is 0.410 e.